The van der Waals surface area contributed by atoms with E-state index in [1.54, 1.807) is 0 Å². The maximum atomic E-state index is 14.9. The van der Waals surface area contributed by atoms with Crippen molar-refractivity contribution < 1.29 is 17.6 Å². The van der Waals surface area contributed by atoms with Crippen LogP contribution in [0.25, 0.3) is 0 Å². The fourth-order valence-electron chi connectivity index (χ4n) is 3.62. The average Bonchev–Trinajstić information content (AvgIpc) is 2.71. The molecule has 0 aliphatic carbocycles. The van der Waals surface area contributed by atoms with Gasteiger partial charge in [0, 0.05) is 0 Å². The van der Waals surface area contributed by atoms with E-state index < -0.39 is 39.5 Å². The summed E-state index contributed by atoms with van der Waals surface area (Å²) >= 11 is 0. The monoisotopic (exact) mass is 466 g/mol. The molecule has 0 bridgehead atoms. The molecule has 0 heterocycles. The minimum Gasteiger partial charge on any atom is -0.242 e. The first kappa shape index (κ1) is 27.8. The number of halogens is 4. The van der Waals surface area contributed by atoms with Gasteiger partial charge in [-0.2, -0.15) is 0 Å². The maximum absolute atomic E-state index is 14.9. The van der Waals surface area contributed by atoms with Gasteiger partial charge in [-0.15, -0.1) is 0 Å². The van der Waals surface area contributed by atoms with Gasteiger partial charge in [-0.25, -0.2) is 17.6 Å². The lowest BCUT2D eigenvalue weighted by atomic mass is 10.1. The Morgan fingerprint density at radius 1 is 0.567 bits per heavy atom. The minimum atomic E-state index is -1.47. The van der Waals surface area contributed by atoms with Crippen LogP contribution in [0.1, 0.15) is 90.2 Å². The highest BCUT2D eigenvalue weighted by molar-refractivity contribution is 7.58. The molecule has 0 aromatic heterocycles. The van der Waals surface area contributed by atoms with Crippen molar-refractivity contribution in [1.29, 1.82) is 0 Å². The standard InChI is InChI=1S/C24H40F4P2/c1-5-11-21(25)29(22(26)12-6-2)17-19-15-9-10-16-20(19)18-30(23(27)13-7-3)24(28)14-8-4/h9-10,15-16,21-24H,5-8,11-14,17-18H2,1-4H3. The Hall–Kier alpha value is -0.200. The molecule has 0 aliphatic rings. The van der Waals surface area contributed by atoms with E-state index in [1.165, 1.54) is 0 Å². The zero-order valence-corrected chi connectivity index (χ0v) is 20.9. The number of hydrogen-bond acceptors (Lipinski definition) is 0. The molecule has 0 spiro atoms. The molecule has 0 N–H and O–H groups in total. The Balaban J connectivity index is 3.12. The molecular weight excluding hydrogens is 426 g/mol. The molecule has 6 heteroatoms. The van der Waals surface area contributed by atoms with Gasteiger partial charge in [-0.05, 0) is 65.0 Å². The Morgan fingerprint density at radius 3 is 1.07 bits per heavy atom. The largest absolute Gasteiger partial charge is 0.242 e. The molecule has 4 atom stereocenters. The van der Waals surface area contributed by atoms with Gasteiger partial charge < -0.3 is 0 Å². The van der Waals surface area contributed by atoms with Crippen LogP contribution in [0.15, 0.2) is 24.3 Å². The lowest BCUT2D eigenvalue weighted by molar-refractivity contribution is 0.375. The fraction of sp³-hybridized carbons (Fsp3) is 0.750. The van der Waals surface area contributed by atoms with E-state index >= 15 is 0 Å². The lowest BCUT2D eigenvalue weighted by Crippen LogP contribution is -2.12. The van der Waals surface area contributed by atoms with Crippen molar-refractivity contribution in [2.24, 2.45) is 0 Å². The summed E-state index contributed by atoms with van der Waals surface area (Å²) in [4.78, 5) is 0. The van der Waals surface area contributed by atoms with Crippen molar-refractivity contribution in [2.75, 3.05) is 0 Å². The third-order valence-corrected chi connectivity index (χ3v) is 10.7. The van der Waals surface area contributed by atoms with Crippen molar-refractivity contribution in [3.63, 3.8) is 0 Å². The van der Waals surface area contributed by atoms with Crippen molar-refractivity contribution in [2.45, 2.75) is 115 Å². The molecule has 0 saturated heterocycles. The molecule has 0 aliphatic heterocycles. The summed E-state index contributed by atoms with van der Waals surface area (Å²) in [5.74, 6) is -4.54. The van der Waals surface area contributed by atoms with Crippen LogP contribution < -0.4 is 0 Å². The van der Waals surface area contributed by atoms with Gasteiger partial charge in [0.15, 0.2) is 0 Å². The summed E-state index contributed by atoms with van der Waals surface area (Å²) in [6, 6.07) is 7.53. The van der Waals surface area contributed by atoms with Crippen LogP contribution in [0.2, 0.25) is 0 Å². The maximum Gasteiger partial charge on any atom is 0.122 e. The number of rotatable bonds is 16. The van der Waals surface area contributed by atoms with Gasteiger partial charge in [0.1, 0.15) is 23.7 Å². The third-order valence-electron chi connectivity index (χ3n) is 5.37. The first-order valence-electron chi connectivity index (χ1n) is 11.5. The van der Waals surface area contributed by atoms with E-state index in [1.807, 2.05) is 52.0 Å². The zero-order valence-electron chi connectivity index (χ0n) is 19.1. The van der Waals surface area contributed by atoms with Gasteiger partial charge in [0.25, 0.3) is 0 Å². The first-order valence-corrected chi connectivity index (χ1v) is 14.9. The first-order chi connectivity index (χ1) is 14.4. The Morgan fingerprint density at radius 2 is 0.833 bits per heavy atom. The van der Waals surface area contributed by atoms with Crippen LogP contribution in [0.3, 0.4) is 0 Å². The summed E-state index contributed by atoms with van der Waals surface area (Å²) < 4.78 is 59.4. The van der Waals surface area contributed by atoms with E-state index in [9.17, 15) is 17.6 Å². The number of benzene rings is 1. The van der Waals surface area contributed by atoms with E-state index in [0.29, 0.717) is 63.7 Å². The fourth-order valence-corrected chi connectivity index (χ4v) is 8.88. The summed E-state index contributed by atoms with van der Waals surface area (Å²) in [5, 5.41) is 0. The summed E-state index contributed by atoms with van der Waals surface area (Å²) in [5.41, 5.74) is 1.75. The summed E-state index contributed by atoms with van der Waals surface area (Å²) in [6.07, 6.45) is 4.94. The minimum absolute atomic E-state index is 0.354. The van der Waals surface area contributed by atoms with Crippen molar-refractivity contribution >= 4 is 15.8 Å². The van der Waals surface area contributed by atoms with Crippen LogP contribution in [0.5, 0.6) is 0 Å². The predicted molar refractivity (Wildman–Crippen MR) is 127 cm³/mol. The Kier molecular flexibility index (Phi) is 14.5. The average molecular weight is 467 g/mol. The van der Waals surface area contributed by atoms with Gasteiger partial charge in [0.2, 0.25) is 0 Å². The molecule has 0 saturated carbocycles. The molecule has 4 unspecified atom stereocenters. The molecular formula is C24H40F4P2. The Bertz CT molecular complexity index is 499. The van der Waals surface area contributed by atoms with Crippen LogP contribution >= 0.6 is 15.8 Å². The highest BCUT2D eigenvalue weighted by atomic mass is 31.1. The molecule has 0 amide bonds. The summed E-state index contributed by atoms with van der Waals surface area (Å²) in [6.45, 7) is 7.66. The van der Waals surface area contributed by atoms with E-state index in [4.69, 9.17) is 0 Å². The lowest BCUT2D eigenvalue weighted by Gasteiger charge is -2.28. The SMILES string of the molecule is CCCC(F)P(Cc1ccccc1CP(C(F)CCC)C(F)CCC)C(F)CCC. The van der Waals surface area contributed by atoms with Crippen molar-refractivity contribution in [3.8, 4) is 0 Å². The van der Waals surface area contributed by atoms with Crippen LogP contribution in [-0.4, -0.2) is 23.7 Å². The third kappa shape index (κ3) is 9.12. The van der Waals surface area contributed by atoms with Crippen LogP contribution in [0, 0.1) is 0 Å². The number of hydrogen-bond donors (Lipinski definition) is 0. The Labute approximate surface area is 184 Å². The quantitative estimate of drug-likeness (QED) is 0.168. The molecule has 30 heavy (non-hydrogen) atoms. The van der Waals surface area contributed by atoms with E-state index in [0.717, 1.165) is 11.1 Å². The van der Waals surface area contributed by atoms with E-state index in [-0.39, 0.29) is 0 Å². The molecule has 0 fully saturated rings. The van der Waals surface area contributed by atoms with Gasteiger partial charge >= 0.3 is 0 Å². The second kappa shape index (κ2) is 15.6. The number of alkyl halides is 4. The van der Waals surface area contributed by atoms with E-state index in [2.05, 4.69) is 0 Å². The molecule has 1 rings (SSSR count). The summed E-state index contributed by atoms with van der Waals surface area (Å²) in [7, 11) is -2.94. The zero-order chi connectivity index (χ0) is 22.5. The van der Waals surface area contributed by atoms with Gasteiger partial charge in [-0.1, -0.05) is 77.6 Å². The van der Waals surface area contributed by atoms with Gasteiger partial charge in [0.05, 0.1) is 0 Å². The molecule has 0 nitrogen and oxygen atoms in total. The van der Waals surface area contributed by atoms with Crippen molar-refractivity contribution in [3.05, 3.63) is 35.4 Å². The molecule has 174 valence electrons. The van der Waals surface area contributed by atoms with Crippen LogP contribution in [0.4, 0.5) is 17.6 Å². The second-order valence-corrected chi connectivity index (χ2v) is 12.9. The topological polar surface area (TPSA) is 0 Å². The second-order valence-electron chi connectivity index (χ2n) is 8.01. The highest BCUT2D eigenvalue weighted by Crippen LogP contribution is 2.57. The smallest absolute Gasteiger partial charge is 0.122 e. The van der Waals surface area contributed by atoms with Gasteiger partial charge in [-0.3, -0.25) is 0 Å². The molecule has 1 aromatic rings. The highest BCUT2D eigenvalue weighted by Gasteiger charge is 2.31. The molecule has 0 radical (unpaired) electrons. The normalized spacial score (nSPS) is 17.9. The predicted octanol–water partition coefficient (Wildman–Crippen LogP) is 10.0. The molecule has 1 aromatic carbocycles. The van der Waals surface area contributed by atoms with Crippen molar-refractivity contribution in [1.82, 2.24) is 0 Å². The van der Waals surface area contributed by atoms with Crippen LogP contribution in [-0.2, 0) is 12.3 Å².